The van der Waals surface area contributed by atoms with Gasteiger partial charge in [0.05, 0.1) is 25.4 Å². The molecule has 0 aliphatic rings. The van der Waals surface area contributed by atoms with E-state index >= 15 is 0 Å². The van der Waals surface area contributed by atoms with Crippen molar-refractivity contribution in [3.63, 3.8) is 0 Å². The van der Waals surface area contributed by atoms with E-state index in [4.69, 9.17) is 4.74 Å². The Bertz CT molecular complexity index is 1490. The smallest absolute Gasteiger partial charge is 0.305 e. The largest absolute Gasteiger partial charge is 0.466 e. The Labute approximate surface area is 576 Å². The number of nitrogens with one attached hydrogen (secondary N) is 1. The lowest BCUT2D eigenvalue weighted by Gasteiger charge is -2.20. The van der Waals surface area contributed by atoms with E-state index in [1.54, 1.807) is 6.08 Å². The van der Waals surface area contributed by atoms with Gasteiger partial charge in [-0.15, -0.1) is 0 Å². The molecule has 1 amide bonds. The van der Waals surface area contributed by atoms with Crippen molar-refractivity contribution in [2.75, 3.05) is 13.2 Å². The van der Waals surface area contributed by atoms with Crippen LogP contribution in [0, 0.1) is 0 Å². The van der Waals surface area contributed by atoms with Gasteiger partial charge in [-0.05, 0) is 83.5 Å². The van der Waals surface area contributed by atoms with Crippen LogP contribution in [0.15, 0.2) is 36.5 Å². The fraction of sp³-hybridized carbons (Fsp3) is 0.907. The number of amides is 1. The Kier molecular flexibility index (Phi) is 79.8. The summed E-state index contributed by atoms with van der Waals surface area (Å²) >= 11 is 0. The minimum Gasteiger partial charge on any atom is -0.466 e. The first-order valence-electron chi connectivity index (χ1n) is 42.3. The molecule has 0 rings (SSSR count). The highest BCUT2D eigenvalue weighted by Gasteiger charge is 2.18. The summed E-state index contributed by atoms with van der Waals surface area (Å²) in [4.78, 5) is 24.6. The van der Waals surface area contributed by atoms with Gasteiger partial charge in [0.15, 0.2) is 0 Å². The summed E-state index contributed by atoms with van der Waals surface area (Å²) in [5, 5.41) is 23.3. The minimum absolute atomic E-state index is 0.0141. The number of carbonyl (C=O) groups excluding carboxylic acids is 2. The van der Waals surface area contributed by atoms with Crippen molar-refractivity contribution < 1.29 is 24.5 Å². The number of carbonyl (C=O) groups is 2. The normalized spacial score (nSPS) is 12.6. The number of allylic oxidation sites excluding steroid dienone is 5. The molecule has 2 unspecified atom stereocenters. The van der Waals surface area contributed by atoms with Crippen molar-refractivity contribution in [3.8, 4) is 0 Å². The molecule has 0 radical (unpaired) electrons. The highest BCUT2D eigenvalue weighted by atomic mass is 16.5. The number of rotatable bonds is 80. The maximum Gasteiger partial charge on any atom is 0.305 e. The topological polar surface area (TPSA) is 95.9 Å². The number of hydrogen-bond acceptors (Lipinski definition) is 5. The van der Waals surface area contributed by atoms with Crippen LogP contribution in [0.4, 0.5) is 0 Å². The van der Waals surface area contributed by atoms with E-state index in [0.29, 0.717) is 19.4 Å². The van der Waals surface area contributed by atoms with Gasteiger partial charge in [0.25, 0.3) is 0 Å². The molecule has 544 valence electrons. The second-order valence-electron chi connectivity index (χ2n) is 29.2. The highest BCUT2D eigenvalue weighted by Crippen LogP contribution is 2.20. The van der Waals surface area contributed by atoms with Crippen molar-refractivity contribution >= 4 is 11.9 Å². The minimum atomic E-state index is -0.843. The molecular formula is C86H165NO5. The first-order chi connectivity index (χ1) is 45.5. The molecule has 92 heavy (non-hydrogen) atoms. The third kappa shape index (κ3) is 77.1. The Morgan fingerprint density at radius 2 is 0.511 bits per heavy atom. The number of unbranched alkanes of at least 4 members (excludes halogenated alkanes) is 65. The molecule has 0 bridgehead atoms. The molecule has 0 fully saturated rings. The molecule has 0 heterocycles. The van der Waals surface area contributed by atoms with Crippen LogP contribution in [0.1, 0.15) is 476 Å². The van der Waals surface area contributed by atoms with Gasteiger partial charge in [-0.1, -0.05) is 416 Å². The van der Waals surface area contributed by atoms with E-state index in [1.807, 2.05) is 6.08 Å². The van der Waals surface area contributed by atoms with Gasteiger partial charge in [-0.25, -0.2) is 0 Å². The van der Waals surface area contributed by atoms with E-state index in [-0.39, 0.29) is 18.5 Å². The molecule has 6 heteroatoms. The zero-order valence-corrected chi connectivity index (χ0v) is 62.6. The van der Waals surface area contributed by atoms with Crippen LogP contribution in [-0.4, -0.2) is 47.4 Å². The van der Waals surface area contributed by atoms with Crippen LogP contribution in [0.25, 0.3) is 0 Å². The molecule has 0 aromatic rings. The van der Waals surface area contributed by atoms with Gasteiger partial charge >= 0.3 is 5.97 Å². The summed E-state index contributed by atoms with van der Waals surface area (Å²) in [6.07, 6.45) is 107. The fourth-order valence-electron chi connectivity index (χ4n) is 13.5. The lowest BCUT2D eigenvalue weighted by Crippen LogP contribution is -2.45. The molecule has 0 aliphatic carbocycles. The predicted octanol–water partition coefficient (Wildman–Crippen LogP) is 28.2. The molecule has 0 spiro atoms. The first-order valence-corrected chi connectivity index (χ1v) is 42.3. The first kappa shape index (κ1) is 90.1. The average molecular weight is 1290 g/mol. The Morgan fingerprint density at radius 3 is 0.772 bits per heavy atom. The molecule has 0 saturated heterocycles. The van der Waals surface area contributed by atoms with Crippen LogP contribution >= 0.6 is 0 Å². The monoisotopic (exact) mass is 1290 g/mol. The summed E-state index contributed by atoms with van der Waals surface area (Å²) < 4.78 is 5.50. The summed E-state index contributed by atoms with van der Waals surface area (Å²) in [7, 11) is 0. The zero-order chi connectivity index (χ0) is 66.3. The summed E-state index contributed by atoms with van der Waals surface area (Å²) in [5.41, 5.74) is 0. The lowest BCUT2D eigenvalue weighted by molar-refractivity contribution is -0.143. The molecule has 0 aromatic carbocycles. The summed E-state index contributed by atoms with van der Waals surface area (Å²) in [5.74, 6) is -0.0447. The van der Waals surface area contributed by atoms with Crippen LogP contribution in [0.5, 0.6) is 0 Å². The SMILES string of the molecule is CCCCCCCC/C=C\CCCCCCCC(=O)OCCCCCCCCCCCCCCCCCC/C=C\CCCCCCCCCCCCCCCCCCCC(=O)NC(CO)C(O)/C=C/CCCCCCCCCCCCCCCCCCCCCCC. The number of ether oxygens (including phenoxy) is 1. The Balaban J connectivity index is 3.36. The highest BCUT2D eigenvalue weighted by molar-refractivity contribution is 5.76. The van der Waals surface area contributed by atoms with Gasteiger partial charge in [0.2, 0.25) is 5.91 Å². The van der Waals surface area contributed by atoms with Gasteiger partial charge in [-0.3, -0.25) is 9.59 Å². The number of aliphatic hydroxyl groups is 2. The van der Waals surface area contributed by atoms with Crippen molar-refractivity contribution in [1.29, 1.82) is 0 Å². The van der Waals surface area contributed by atoms with Crippen molar-refractivity contribution in [2.24, 2.45) is 0 Å². The maximum atomic E-state index is 12.6. The number of aliphatic hydroxyl groups excluding tert-OH is 2. The van der Waals surface area contributed by atoms with Crippen LogP contribution in [0.3, 0.4) is 0 Å². The second-order valence-corrected chi connectivity index (χ2v) is 29.2. The van der Waals surface area contributed by atoms with Crippen molar-refractivity contribution in [2.45, 2.75) is 488 Å². The summed E-state index contributed by atoms with van der Waals surface area (Å²) in [6, 6.07) is -0.626. The van der Waals surface area contributed by atoms with Crippen LogP contribution in [0.2, 0.25) is 0 Å². The Morgan fingerprint density at radius 1 is 0.293 bits per heavy atom. The molecule has 2 atom stereocenters. The zero-order valence-electron chi connectivity index (χ0n) is 62.6. The van der Waals surface area contributed by atoms with E-state index in [2.05, 4.69) is 43.5 Å². The van der Waals surface area contributed by atoms with Crippen LogP contribution in [-0.2, 0) is 14.3 Å². The molecule has 0 aromatic heterocycles. The Hall–Kier alpha value is -1.92. The number of hydrogen-bond donors (Lipinski definition) is 3. The van der Waals surface area contributed by atoms with Gasteiger partial charge in [0, 0.05) is 12.8 Å². The quantitative estimate of drug-likeness (QED) is 0.0320. The van der Waals surface area contributed by atoms with Gasteiger partial charge < -0.3 is 20.3 Å². The average Bonchev–Trinajstić information content (AvgIpc) is 3.62. The van der Waals surface area contributed by atoms with Crippen molar-refractivity contribution in [1.82, 2.24) is 5.32 Å². The van der Waals surface area contributed by atoms with E-state index in [9.17, 15) is 19.8 Å². The maximum absolute atomic E-state index is 12.6. The standard InChI is InChI=1S/C86H165NO5/c1-3-5-7-9-11-13-15-17-19-20-21-22-38-41-44-47-51-54-58-62-66-70-74-78-84(89)83(82-88)87-85(90)79-75-71-67-63-59-55-52-48-45-42-39-36-34-32-30-28-26-24-23-25-27-29-31-33-35-37-40-43-46-49-53-57-61-65-69-73-77-81-92-86(91)80-76-72-68-64-60-56-50-18-16-14-12-10-8-6-4-2/h18,23,25,50,74,78,83-84,88-89H,3-17,19-22,24,26-49,51-73,75-77,79-82H2,1-2H3,(H,87,90)/b25-23-,50-18-,78-74+. The van der Waals surface area contributed by atoms with Gasteiger partial charge in [0.1, 0.15) is 0 Å². The van der Waals surface area contributed by atoms with Crippen LogP contribution < -0.4 is 5.32 Å². The van der Waals surface area contributed by atoms with E-state index in [0.717, 1.165) is 44.9 Å². The molecular weight excluding hydrogens is 1130 g/mol. The van der Waals surface area contributed by atoms with Gasteiger partial charge in [-0.2, -0.15) is 0 Å². The second kappa shape index (κ2) is 81.5. The molecule has 3 N–H and O–H groups in total. The van der Waals surface area contributed by atoms with E-state index < -0.39 is 12.1 Å². The summed E-state index contributed by atoms with van der Waals surface area (Å²) in [6.45, 7) is 4.95. The third-order valence-corrected chi connectivity index (χ3v) is 19.9. The number of esters is 1. The molecule has 0 aliphatic heterocycles. The lowest BCUT2D eigenvalue weighted by atomic mass is 10.0. The fourth-order valence-corrected chi connectivity index (χ4v) is 13.5. The predicted molar refractivity (Wildman–Crippen MR) is 407 cm³/mol. The molecule has 6 nitrogen and oxygen atoms in total. The van der Waals surface area contributed by atoms with E-state index in [1.165, 1.54) is 405 Å². The molecule has 0 saturated carbocycles. The van der Waals surface area contributed by atoms with Crippen molar-refractivity contribution in [3.05, 3.63) is 36.5 Å². The third-order valence-electron chi connectivity index (χ3n) is 19.9.